The molecule has 6 rings (SSSR count). The lowest BCUT2D eigenvalue weighted by Crippen LogP contribution is -2.48. The fourth-order valence-electron chi connectivity index (χ4n) is 5.82. The standard InChI is InChI=1S/C34H28F6N6O4S/c35-33(36,37)27-10-12-42-19-23(27)20-45-13-15-46(16-14-45)32(47)22-6-8-28(29(17-22)50-34(38,39)40)44-51(48,49)30-9-7-24(41)18-26(30)25-5-1-3-21-4-2-11-43-31(21)25/h1-12,17-19,44H,13-16,20,41H2. The van der Waals surface area contributed by atoms with E-state index in [2.05, 4.69) is 19.4 Å². The summed E-state index contributed by atoms with van der Waals surface area (Å²) in [5.41, 5.74) is 5.59. The summed E-state index contributed by atoms with van der Waals surface area (Å²) in [6.45, 7) is 0.409. The van der Waals surface area contributed by atoms with Crippen molar-refractivity contribution in [1.82, 2.24) is 19.8 Å². The van der Waals surface area contributed by atoms with Gasteiger partial charge in [0.05, 0.1) is 21.7 Å². The second-order valence-electron chi connectivity index (χ2n) is 11.6. The van der Waals surface area contributed by atoms with Gasteiger partial charge >= 0.3 is 12.5 Å². The number of hydrogen-bond donors (Lipinski definition) is 2. The van der Waals surface area contributed by atoms with Gasteiger partial charge in [0.15, 0.2) is 5.75 Å². The highest BCUT2D eigenvalue weighted by atomic mass is 32.2. The van der Waals surface area contributed by atoms with E-state index >= 15 is 0 Å². The monoisotopic (exact) mass is 730 g/mol. The number of aromatic nitrogens is 2. The number of fused-ring (bicyclic) bond motifs is 1. The fraction of sp³-hybridized carbons (Fsp3) is 0.206. The number of ether oxygens (including phenoxy) is 1. The normalized spacial score (nSPS) is 14.4. The summed E-state index contributed by atoms with van der Waals surface area (Å²) in [5.74, 6) is -1.66. The molecule has 266 valence electrons. The smallest absolute Gasteiger partial charge is 0.404 e. The van der Waals surface area contributed by atoms with E-state index in [-0.39, 0.29) is 60.0 Å². The number of nitrogens with two attached hydrogens (primary N) is 1. The Morgan fingerprint density at radius 2 is 1.63 bits per heavy atom. The van der Waals surface area contributed by atoms with Gasteiger partial charge in [0.2, 0.25) is 0 Å². The van der Waals surface area contributed by atoms with Crippen LogP contribution < -0.4 is 15.2 Å². The molecule has 1 aliphatic heterocycles. The van der Waals surface area contributed by atoms with E-state index in [1.807, 2.05) is 0 Å². The van der Waals surface area contributed by atoms with Crippen LogP contribution in [0.3, 0.4) is 0 Å². The molecule has 1 saturated heterocycles. The number of piperazine rings is 1. The molecule has 0 spiro atoms. The Kier molecular flexibility index (Phi) is 9.52. The van der Waals surface area contributed by atoms with Crippen LogP contribution in [0.4, 0.5) is 37.7 Å². The van der Waals surface area contributed by atoms with Gasteiger partial charge in [0.1, 0.15) is 0 Å². The molecular weight excluding hydrogens is 702 g/mol. The van der Waals surface area contributed by atoms with Crippen molar-refractivity contribution in [3.8, 4) is 16.9 Å². The molecule has 3 heterocycles. The number of halogens is 6. The van der Waals surface area contributed by atoms with Crippen LogP contribution in [-0.4, -0.2) is 66.6 Å². The molecule has 1 fully saturated rings. The Hall–Kier alpha value is -5.42. The molecule has 1 aliphatic rings. The van der Waals surface area contributed by atoms with Crippen molar-refractivity contribution in [1.29, 1.82) is 0 Å². The first-order valence-electron chi connectivity index (χ1n) is 15.3. The average molecular weight is 731 g/mol. The van der Waals surface area contributed by atoms with E-state index in [1.54, 1.807) is 35.2 Å². The Morgan fingerprint density at radius 1 is 0.882 bits per heavy atom. The highest BCUT2D eigenvalue weighted by Crippen LogP contribution is 2.38. The summed E-state index contributed by atoms with van der Waals surface area (Å²) < 4.78 is 115. The minimum Gasteiger partial charge on any atom is -0.404 e. The van der Waals surface area contributed by atoms with Crippen LogP contribution in [0.2, 0.25) is 0 Å². The van der Waals surface area contributed by atoms with E-state index in [1.165, 1.54) is 29.3 Å². The molecular formula is C34H28F6N6O4S. The lowest BCUT2D eigenvalue weighted by molar-refractivity contribution is -0.274. The van der Waals surface area contributed by atoms with Gasteiger partial charge in [-0.15, -0.1) is 13.2 Å². The molecule has 5 aromatic rings. The number of anilines is 2. The first-order valence-corrected chi connectivity index (χ1v) is 16.8. The van der Waals surface area contributed by atoms with Gasteiger partial charge in [-0.1, -0.05) is 24.3 Å². The van der Waals surface area contributed by atoms with Crippen LogP contribution >= 0.6 is 0 Å². The number of carbonyl (C=O) groups is 1. The van der Waals surface area contributed by atoms with Crippen molar-refractivity contribution in [3.63, 3.8) is 0 Å². The largest absolute Gasteiger partial charge is 0.573 e. The van der Waals surface area contributed by atoms with Gasteiger partial charge in [-0.3, -0.25) is 24.4 Å². The van der Waals surface area contributed by atoms with Gasteiger partial charge < -0.3 is 15.4 Å². The van der Waals surface area contributed by atoms with E-state index in [9.17, 15) is 39.6 Å². The van der Waals surface area contributed by atoms with Crippen LogP contribution in [-0.2, 0) is 22.7 Å². The van der Waals surface area contributed by atoms with Gasteiger partial charge in [0.25, 0.3) is 15.9 Å². The number of amides is 1. The SMILES string of the molecule is Nc1ccc(S(=O)(=O)Nc2ccc(C(=O)N3CCN(Cc4cnccc4C(F)(F)F)CC3)cc2OC(F)(F)F)c(-c2cccc3cccnc23)c1. The maximum atomic E-state index is 13.8. The summed E-state index contributed by atoms with van der Waals surface area (Å²) in [7, 11) is -4.61. The second-order valence-corrected chi connectivity index (χ2v) is 13.3. The number of hydrogen-bond acceptors (Lipinski definition) is 8. The predicted octanol–water partition coefficient (Wildman–Crippen LogP) is 6.56. The summed E-state index contributed by atoms with van der Waals surface area (Å²) in [4.78, 5) is 24.3. The van der Waals surface area contributed by atoms with Crippen molar-refractivity contribution in [2.75, 3.05) is 36.6 Å². The molecule has 3 N–H and O–H groups in total. The highest BCUT2D eigenvalue weighted by Gasteiger charge is 2.35. The summed E-state index contributed by atoms with van der Waals surface area (Å²) in [6.07, 6.45) is -6.11. The van der Waals surface area contributed by atoms with Crippen molar-refractivity contribution >= 4 is 38.2 Å². The first kappa shape index (κ1) is 35.4. The number of nitrogens with one attached hydrogen (secondary N) is 1. The number of nitrogens with zero attached hydrogens (tertiary/aromatic N) is 4. The highest BCUT2D eigenvalue weighted by molar-refractivity contribution is 7.92. The number of nitrogen functional groups attached to an aromatic ring is 1. The van der Waals surface area contributed by atoms with Crippen molar-refractivity contribution in [2.45, 2.75) is 24.0 Å². The lowest BCUT2D eigenvalue weighted by atomic mass is 10.0. The topological polar surface area (TPSA) is 131 Å². The summed E-state index contributed by atoms with van der Waals surface area (Å²) >= 11 is 0. The third kappa shape index (κ3) is 7.99. The molecule has 2 aromatic heterocycles. The number of carbonyl (C=O) groups excluding carboxylic acids is 1. The molecule has 0 unspecified atom stereocenters. The molecule has 0 bridgehead atoms. The van der Waals surface area contributed by atoms with Crippen LogP contribution in [0.5, 0.6) is 5.75 Å². The zero-order valence-corrected chi connectivity index (χ0v) is 27.2. The number of para-hydroxylation sites is 1. The summed E-state index contributed by atoms with van der Waals surface area (Å²) in [5, 5.41) is 0.709. The Labute approximate surface area is 287 Å². The Balaban J connectivity index is 1.24. The zero-order valence-electron chi connectivity index (χ0n) is 26.4. The molecule has 1 amide bonds. The van der Waals surface area contributed by atoms with Crippen molar-refractivity contribution in [2.24, 2.45) is 0 Å². The van der Waals surface area contributed by atoms with Crippen LogP contribution in [0, 0.1) is 0 Å². The van der Waals surface area contributed by atoms with Crippen LogP contribution in [0.25, 0.3) is 22.0 Å². The second kappa shape index (κ2) is 13.7. The van der Waals surface area contributed by atoms with Gasteiger partial charge in [-0.2, -0.15) is 13.2 Å². The number of benzene rings is 3. The fourth-order valence-corrected chi connectivity index (χ4v) is 7.10. The number of sulfonamides is 1. The molecule has 51 heavy (non-hydrogen) atoms. The minimum absolute atomic E-state index is 0.0309. The molecule has 3 aromatic carbocycles. The van der Waals surface area contributed by atoms with E-state index < -0.39 is 45.5 Å². The molecule has 0 radical (unpaired) electrons. The Bertz CT molecular complexity index is 2200. The number of pyridine rings is 2. The first-order chi connectivity index (χ1) is 24.1. The third-order valence-electron chi connectivity index (χ3n) is 8.18. The number of alkyl halides is 6. The van der Waals surface area contributed by atoms with E-state index in [0.29, 0.717) is 16.5 Å². The maximum absolute atomic E-state index is 13.8. The quantitative estimate of drug-likeness (QED) is 0.136. The van der Waals surface area contributed by atoms with Crippen molar-refractivity contribution < 1.29 is 44.3 Å². The number of rotatable bonds is 8. The van der Waals surface area contributed by atoms with Gasteiger partial charge in [0, 0.05) is 79.1 Å². The Morgan fingerprint density at radius 3 is 2.35 bits per heavy atom. The lowest BCUT2D eigenvalue weighted by Gasteiger charge is -2.35. The van der Waals surface area contributed by atoms with E-state index in [0.717, 1.165) is 36.7 Å². The van der Waals surface area contributed by atoms with Gasteiger partial charge in [-0.05, 0) is 54.1 Å². The van der Waals surface area contributed by atoms with Crippen molar-refractivity contribution in [3.05, 3.63) is 108 Å². The average Bonchev–Trinajstić information content (AvgIpc) is 3.08. The van der Waals surface area contributed by atoms with E-state index in [4.69, 9.17) is 5.73 Å². The molecule has 10 nitrogen and oxygen atoms in total. The molecule has 0 saturated carbocycles. The zero-order chi connectivity index (χ0) is 36.6. The van der Waals surface area contributed by atoms with Crippen LogP contribution in [0.1, 0.15) is 21.5 Å². The van der Waals surface area contributed by atoms with Crippen LogP contribution in [0.15, 0.2) is 96.3 Å². The molecule has 0 atom stereocenters. The van der Waals surface area contributed by atoms with Gasteiger partial charge in [-0.25, -0.2) is 8.42 Å². The minimum atomic E-state index is -5.25. The maximum Gasteiger partial charge on any atom is 0.573 e. The molecule has 0 aliphatic carbocycles. The third-order valence-corrected chi connectivity index (χ3v) is 9.60. The summed E-state index contributed by atoms with van der Waals surface area (Å²) in [6, 6.07) is 16.4. The molecule has 17 heteroatoms. The predicted molar refractivity (Wildman–Crippen MR) is 176 cm³/mol.